The molecular formula is C19H23IO3. The lowest BCUT2D eigenvalue weighted by atomic mass is 9.95. The van der Waals surface area contributed by atoms with Crippen LogP contribution in [0.1, 0.15) is 44.5 Å². The Kier molecular flexibility index (Phi) is 8.23. The number of carbonyl (C=O) groups is 2. The van der Waals surface area contributed by atoms with Crippen molar-refractivity contribution >= 4 is 34.3 Å². The number of esters is 1. The van der Waals surface area contributed by atoms with Gasteiger partial charge < -0.3 is 4.74 Å². The van der Waals surface area contributed by atoms with Crippen LogP contribution in [0.25, 0.3) is 0 Å². The van der Waals surface area contributed by atoms with Gasteiger partial charge in [-0.25, -0.2) is 4.79 Å². The molecule has 0 aromatic heterocycles. The Morgan fingerprint density at radius 3 is 2.30 bits per heavy atom. The molecule has 2 atom stereocenters. The van der Waals surface area contributed by atoms with Crippen LogP contribution in [0.15, 0.2) is 51.6 Å². The fourth-order valence-electron chi connectivity index (χ4n) is 2.10. The molecule has 0 saturated heterocycles. The number of halogens is 1. The molecule has 0 saturated carbocycles. The smallest absolute Gasteiger partial charge is 0.338 e. The minimum absolute atomic E-state index is 0.0335. The Morgan fingerprint density at radius 1 is 1.17 bits per heavy atom. The summed E-state index contributed by atoms with van der Waals surface area (Å²) in [6, 6.07) is 8.96. The van der Waals surface area contributed by atoms with Crippen molar-refractivity contribution in [2.75, 3.05) is 0 Å². The summed E-state index contributed by atoms with van der Waals surface area (Å²) in [7, 11) is 0. The average Bonchev–Trinajstić information content (AvgIpc) is 2.54. The summed E-state index contributed by atoms with van der Waals surface area (Å²) in [6.45, 7) is 7.30. The summed E-state index contributed by atoms with van der Waals surface area (Å²) in [5.41, 5.74) is 2.36. The van der Waals surface area contributed by atoms with E-state index < -0.39 is 0 Å². The molecule has 0 aliphatic heterocycles. The molecule has 0 spiro atoms. The monoisotopic (exact) mass is 426 g/mol. The van der Waals surface area contributed by atoms with Crippen molar-refractivity contribution < 1.29 is 14.3 Å². The van der Waals surface area contributed by atoms with Crippen LogP contribution in [-0.4, -0.2) is 17.9 Å². The molecule has 23 heavy (non-hydrogen) atoms. The second-order valence-electron chi connectivity index (χ2n) is 5.73. The molecule has 0 N–H and O–H groups in total. The van der Waals surface area contributed by atoms with Crippen molar-refractivity contribution in [2.24, 2.45) is 5.92 Å². The molecule has 0 bridgehead atoms. The van der Waals surface area contributed by atoms with Crippen LogP contribution in [0.4, 0.5) is 0 Å². The summed E-state index contributed by atoms with van der Waals surface area (Å²) in [5, 5.41) is 0. The Morgan fingerprint density at radius 2 is 1.78 bits per heavy atom. The van der Waals surface area contributed by atoms with Gasteiger partial charge in [0.1, 0.15) is 6.10 Å². The minimum Gasteiger partial charge on any atom is -0.458 e. The zero-order chi connectivity index (χ0) is 17.4. The zero-order valence-electron chi connectivity index (χ0n) is 14.0. The molecule has 1 rings (SSSR count). The lowest BCUT2D eigenvalue weighted by Gasteiger charge is -2.23. The Bertz CT molecular complexity index is 602. The topological polar surface area (TPSA) is 43.4 Å². The third-order valence-corrected chi connectivity index (χ3v) is 4.70. The van der Waals surface area contributed by atoms with Crippen LogP contribution >= 0.6 is 22.6 Å². The summed E-state index contributed by atoms with van der Waals surface area (Å²) in [5.74, 6) is -0.346. The highest BCUT2D eigenvalue weighted by Gasteiger charge is 2.22. The number of benzene rings is 1. The molecule has 4 heteroatoms. The first-order chi connectivity index (χ1) is 10.8. The van der Waals surface area contributed by atoms with Gasteiger partial charge in [-0.3, -0.25) is 4.79 Å². The van der Waals surface area contributed by atoms with E-state index in [1.54, 1.807) is 26.0 Å². The highest BCUT2D eigenvalue weighted by Crippen LogP contribution is 2.21. The number of Topliss-reactive ketones (excluding diaryl/α,β-unsaturated/α-hetero) is 1. The van der Waals surface area contributed by atoms with Crippen LogP contribution in [-0.2, 0) is 9.53 Å². The third-order valence-electron chi connectivity index (χ3n) is 3.63. The van der Waals surface area contributed by atoms with Gasteiger partial charge in [-0.05, 0) is 42.6 Å². The van der Waals surface area contributed by atoms with Gasteiger partial charge in [-0.2, -0.15) is 0 Å². The van der Waals surface area contributed by atoms with E-state index in [0.29, 0.717) is 17.6 Å². The first-order valence-electron chi connectivity index (χ1n) is 7.56. The van der Waals surface area contributed by atoms with E-state index in [-0.39, 0.29) is 23.8 Å². The maximum atomic E-state index is 12.3. The maximum absolute atomic E-state index is 12.3. The van der Waals surface area contributed by atoms with Crippen LogP contribution in [0.3, 0.4) is 0 Å². The summed E-state index contributed by atoms with van der Waals surface area (Å²) in [4.78, 5) is 23.8. The molecule has 124 valence electrons. The molecule has 0 aliphatic rings. The standard InChI is InChI=1S/C19H23IO3/c1-13(12-20)10-18(15(3)11-14(2)16(4)21)23-19(22)17-8-6-5-7-9-17/h5-9,11-12,15,18H,10H2,1-4H3/b13-12+,14-11+/t15-,18-/m1/s1. The van der Waals surface area contributed by atoms with Crippen LogP contribution < -0.4 is 0 Å². The highest BCUT2D eigenvalue weighted by molar-refractivity contribution is 14.1. The van der Waals surface area contributed by atoms with Gasteiger partial charge in [0.15, 0.2) is 5.78 Å². The van der Waals surface area contributed by atoms with Crippen molar-refractivity contribution in [3.05, 3.63) is 57.2 Å². The van der Waals surface area contributed by atoms with E-state index in [9.17, 15) is 9.59 Å². The van der Waals surface area contributed by atoms with Crippen LogP contribution in [0, 0.1) is 5.92 Å². The summed E-state index contributed by atoms with van der Waals surface area (Å²) in [6.07, 6.45) is 2.22. The third kappa shape index (κ3) is 6.69. The van der Waals surface area contributed by atoms with Gasteiger partial charge in [-0.15, -0.1) is 0 Å². The lowest BCUT2D eigenvalue weighted by Crippen LogP contribution is -2.25. The van der Waals surface area contributed by atoms with Crippen molar-refractivity contribution in [1.29, 1.82) is 0 Å². The van der Waals surface area contributed by atoms with E-state index in [4.69, 9.17) is 4.74 Å². The van der Waals surface area contributed by atoms with E-state index in [0.717, 1.165) is 5.57 Å². The van der Waals surface area contributed by atoms with E-state index in [1.165, 1.54) is 0 Å². The van der Waals surface area contributed by atoms with E-state index >= 15 is 0 Å². The molecule has 3 nitrogen and oxygen atoms in total. The summed E-state index contributed by atoms with van der Waals surface area (Å²) >= 11 is 2.18. The van der Waals surface area contributed by atoms with Gasteiger partial charge in [0, 0.05) is 12.3 Å². The second-order valence-corrected chi connectivity index (χ2v) is 6.36. The van der Waals surface area contributed by atoms with Gasteiger partial charge >= 0.3 is 5.97 Å². The fourth-order valence-corrected chi connectivity index (χ4v) is 2.35. The number of ether oxygens (including phenoxy) is 1. The van der Waals surface area contributed by atoms with Crippen molar-refractivity contribution in [2.45, 2.75) is 40.2 Å². The Hall–Kier alpha value is -1.43. The molecule has 1 aromatic rings. The van der Waals surface area contributed by atoms with Crippen molar-refractivity contribution in [3.8, 4) is 0 Å². The molecule has 0 fully saturated rings. The number of hydrogen-bond acceptors (Lipinski definition) is 3. The predicted octanol–water partition coefficient (Wildman–Crippen LogP) is 5.11. The average molecular weight is 426 g/mol. The Balaban J connectivity index is 2.94. The van der Waals surface area contributed by atoms with Crippen molar-refractivity contribution in [1.82, 2.24) is 0 Å². The maximum Gasteiger partial charge on any atom is 0.338 e. The molecule has 0 amide bonds. The Labute approximate surface area is 151 Å². The van der Waals surface area contributed by atoms with E-state index in [1.807, 2.05) is 42.2 Å². The molecule has 1 aromatic carbocycles. The van der Waals surface area contributed by atoms with Gasteiger partial charge in [-0.1, -0.05) is 59.4 Å². The number of hydrogen-bond donors (Lipinski definition) is 0. The first kappa shape index (κ1) is 19.6. The molecule has 0 heterocycles. The van der Waals surface area contributed by atoms with Crippen LogP contribution in [0.2, 0.25) is 0 Å². The number of rotatable bonds is 7. The molecule has 0 radical (unpaired) electrons. The number of allylic oxidation sites excluding steroid dienone is 1. The lowest BCUT2D eigenvalue weighted by molar-refractivity contribution is -0.113. The number of carbonyl (C=O) groups excluding carboxylic acids is 2. The molecule has 0 unspecified atom stereocenters. The zero-order valence-corrected chi connectivity index (χ0v) is 16.2. The van der Waals surface area contributed by atoms with E-state index in [2.05, 4.69) is 22.6 Å². The minimum atomic E-state index is -0.336. The molecular weight excluding hydrogens is 403 g/mol. The quantitative estimate of drug-likeness (QED) is 0.346. The second kappa shape index (κ2) is 9.65. The predicted molar refractivity (Wildman–Crippen MR) is 102 cm³/mol. The SMILES string of the molecule is CC(=O)/C(C)=C/[C@@H](C)[C@@H](C/C(C)=C/I)OC(=O)c1ccccc1. The van der Waals surface area contributed by atoms with Crippen LogP contribution in [0.5, 0.6) is 0 Å². The summed E-state index contributed by atoms with van der Waals surface area (Å²) < 4.78 is 7.69. The first-order valence-corrected chi connectivity index (χ1v) is 8.81. The normalized spacial score (nSPS) is 15.0. The largest absolute Gasteiger partial charge is 0.458 e. The number of ketones is 1. The van der Waals surface area contributed by atoms with Gasteiger partial charge in [0.05, 0.1) is 5.56 Å². The molecule has 0 aliphatic carbocycles. The highest BCUT2D eigenvalue weighted by atomic mass is 127. The van der Waals surface area contributed by atoms with Gasteiger partial charge in [0.2, 0.25) is 0 Å². The van der Waals surface area contributed by atoms with Crippen molar-refractivity contribution in [3.63, 3.8) is 0 Å². The fraction of sp³-hybridized carbons (Fsp3) is 0.368. The van der Waals surface area contributed by atoms with Gasteiger partial charge in [0.25, 0.3) is 0 Å².